The molecule has 0 amide bonds. The Morgan fingerprint density at radius 1 is 1.32 bits per heavy atom. The van der Waals surface area contributed by atoms with Crippen LogP contribution in [-0.2, 0) is 10.9 Å². The standard InChI is InChI=1S/C13H16F3N3O3/c14-13(15,16)11-9-10(19(20)21)1-2-12(11)17-3-4-18-5-7-22-8-6-18/h1-2,9,17H,3-8H2. The maximum Gasteiger partial charge on any atom is 0.418 e. The van der Waals surface area contributed by atoms with Gasteiger partial charge in [0.2, 0.25) is 0 Å². The molecule has 1 N–H and O–H groups in total. The third kappa shape index (κ3) is 4.31. The second-order valence-corrected chi connectivity index (χ2v) is 4.87. The molecule has 1 heterocycles. The molecule has 9 heteroatoms. The number of nitro benzene ring substituents is 1. The van der Waals surface area contributed by atoms with E-state index in [0.29, 0.717) is 32.4 Å². The first-order valence-corrected chi connectivity index (χ1v) is 6.77. The normalized spacial score (nSPS) is 16.5. The predicted octanol–water partition coefficient (Wildman–Crippen LogP) is 2.36. The number of hydrogen-bond acceptors (Lipinski definition) is 5. The van der Waals surface area contributed by atoms with Crippen molar-refractivity contribution in [2.45, 2.75) is 6.18 Å². The molecule has 122 valence electrons. The highest BCUT2D eigenvalue weighted by atomic mass is 19.4. The van der Waals surface area contributed by atoms with Crippen LogP contribution in [-0.4, -0.2) is 49.2 Å². The number of anilines is 1. The van der Waals surface area contributed by atoms with Gasteiger partial charge in [-0.1, -0.05) is 0 Å². The Bertz CT molecular complexity index is 531. The summed E-state index contributed by atoms with van der Waals surface area (Å²) in [6.07, 6.45) is -4.65. The Hall–Kier alpha value is -1.87. The molecule has 0 aliphatic carbocycles. The zero-order chi connectivity index (χ0) is 16.2. The molecule has 0 unspecified atom stereocenters. The van der Waals surface area contributed by atoms with E-state index in [1.807, 2.05) is 0 Å². The molecule has 0 aromatic heterocycles. The van der Waals surface area contributed by atoms with Crippen LogP contribution in [0.5, 0.6) is 0 Å². The van der Waals surface area contributed by atoms with Crippen LogP contribution in [0.15, 0.2) is 18.2 Å². The first kappa shape index (κ1) is 16.5. The largest absolute Gasteiger partial charge is 0.418 e. The summed E-state index contributed by atoms with van der Waals surface area (Å²) in [5.41, 5.74) is -1.75. The zero-order valence-corrected chi connectivity index (χ0v) is 11.7. The fourth-order valence-electron chi connectivity index (χ4n) is 2.21. The summed E-state index contributed by atoms with van der Waals surface area (Å²) in [4.78, 5) is 11.8. The number of non-ortho nitro benzene ring substituents is 1. The van der Waals surface area contributed by atoms with E-state index in [1.165, 1.54) is 0 Å². The van der Waals surface area contributed by atoms with Crippen molar-refractivity contribution < 1.29 is 22.8 Å². The van der Waals surface area contributed by atoms with Gasteiger partial charge in [0, 0.05) is 44.0 Å². The second-order valence-electron chi connectivity index (χ2n) is 4.87. The van der Waals surface area contributed by atoms with Gasteiger partial charge in [-0.15, -0.1) is 0 Å². The average Bonchev–Trinajstić information content (AvgIpc) is 2.47. The van der Waals surface area contributed by atoms with Crippen LogP contribution in [0.2, 0.25) is 0 Å². The number of nitrogens with zero attached hydrogens (tertiary/aromatic N) is 2. The Morgan fingerprint density at radius 2 is 2.00 bits per heavy atom. The van der Waals surface area contributed by atoms with Crippen molar-refractivity contribution in [3.8, 4) is 0 Å². The summed E-state index contributed by atoms with van der Waals surface area (Å²) in [7, 11) is 0. The molecule has 2 rings (SSSR count). The highest BCUT2D eigenvalue weighted by molar-refractivity contribution is 5.57. The van der Waals surface area contributed by atoms with E-state index in [-0.39, 0.29) is 5.69 Å². The van der Waals surface area contributed by atoms with Crippen molar-refractivity contribution in [1.29, 1.82) is 0 Å². The van der Waals surface area contributed by atoms with Crippen molar-refractivity contribution in [3.05, 3.63) is 33.9 Å². The molecular weight excluding hydrogens is 303 g/mol. The number of nitro groups is 1. The minimum atomic E-state index is -4.65. The number of alkyl halides is 3. The second kappa shape index (κ2) is 6.93. The van der Waals surface area contributed by atoms with Gasteiger partial charge in [-0.05, 0) is 6.07 Å². The highest BCUT2D eigenvalue weighted by Crippen LogP contribution is 2.36. The summed E-state index contributed by atoms with van der Waals surface area (Å²) in [6, 6.07) is 2.71. The summed E-state index contributed by atoms with van der Waals surface area (Å²) in [6.45, 7) is 3.62. The van der Waals surface area contributed by atoms with E-state index in [2.05, 4.69) is 10.2 Å². The van der Waals surface area contributed by atoms with Crippen molar-refractivity contribution >= 4 is 11.4 Å². The van der Waals surface area contributed by atoms with Gasteiger partial charge in [0.25, 0.3) is 5.69 Å². The van der Waals surface area contributed by atoms with Gasteiger partial charge in [0.1, 0.15) is 0 Å². The molecule has 0 atom stereocenters. The summed E-state index contributed by atoms with van der Waals surface area (Å²) in [5.74, 6) is 0. The summed E-state index contributed by atoms with van der Waals surface area (Å²) < 4.78 is 44.1. The smallest absolute Gasteiger partial charge is 0.383 e. The summed E-state index contributed by atoms with van der Waals surface area (Å²) >= 11 is 0. The zero-order valence-electron chi connectivity index (χ0n) is 11.7. The average molecular weight is 319 g/mol. The minimum Gasteiger partial charge on any atom is -0.383 e. The fourth-order valence-corrected chi connectivity index (χ4v) is 2.21. The Labute approximate surface area is 125 Å². The van der Waals surface area contributed by atoms with E-state index in [9.17, 15) is 23.3 Å². The van der Waals surface area contributed by atoms with Crippen LogP contribution in [0.3, 0.4) is 0 Å². The molecular formula is C13H16F3N3O3. The molecule has 0 bridgehead atoms. The van der Waals surface area contributed by atoms with E-state index >= 15 is 0 Å². The van der Waals surface area contributed by atoms with Crippen LogP contribution >= 0.6 is 0 Å². The molecule has 1 aliphatic rings. The lowest BCUT2D eigenvalue weighted by molar-refractivity contribution is -0.385. The lowest BCUT2D eigenvalue weighted by Gasteiger charge is -2.26. The van der Waals surface area contributed by atoms with Gasteiger partial charge < -0.3 is 10.1 Å². The highest BCUT2D eigenvalue weighted by Gasteiger charge is 2.35. The Balaban J connectivity index is 2.04. The third-order valence-electron chi connectivity index (χ3n) is 3.37. The van der Waals surface area contributed by atoms with Gasteiger partial charge in [-0.2, -0.15) is 13.2 Å². The van der Waals surface area contributed by atoms with Crippen LogP contribution in [0.25, 0.3) is 0 Å². The number of ether oxygens (including phenoxy) is 1. The molecule has 1 aromatic carbocycles. The molecule has 1 fully saturated rings. The van der Waals surface area contributed by atoms with Gasteiger partial charge in [0.05, 0.1) is 23.7 Å². The Morgan fingerprint density at radius 3 is 2.59 bits per heavy atom. The first-order valence-electron chi connectivity index (χ1n) is 6.77. The molecule has 1 aliphatic heterocycles. The molecule has 0 spiro atoms. The van der Waals surface area contributed by atoms with Gasteiger partial charge in [0.15, 0.2) is 0 Å². The topological polar surface area (TPSA) is 67.6 Å². The maximum absolute atomic E-state index is 13.0. The van der Waals surface area contributed by atoms with Gasteiger partial charge >= 0.3 is 6.18 Å². The first-order chi connectivity index (χ1) is 10.4. The number of morpholine rings is 1. The van der Waals surface area contributed by atoms with Gasteiger partial charge in [-0.3, -0.25) is 15.0 Å². The van der Waals surface area contributed by atoms with Crippen molar-refractivity contribution in [2.75, 3.05) is 44.7 Å². The third-order valence-corrected chi connectivity index (χ3v) is 3.37. The number of hydrogen-bond donors (Lipinski definition) is 1. The van der Waals surface area contributed by atoms with Crippen molar-refractivity contribution in [2.24, 2.45) is 0 Å². The molecule has 22 heavy (non-hydrogen) atoms. The predicted molar refractivity (Wildman–Crippen MR) is 73.8 cm³/mol. The molecule has 1 saturated heterocycles. The number of rotatable bonds is 5. The van der Waals surface area contributed by atoms with Crippen LogP contribution in [0.4, 0.5) is 24.5 Å². The fraction of sp³-hybridized carbons (Fsp3) is 0.538. The van der Waals surface area contributed by atoms with Crippen LogP contribution in [0.1, 0.15) is 5.56 Å². The maximum atomic E-state index is 13.0. The van der Waals surface area contributed by atoms with E-state index in [0.717, 1.165) is 25.2 Å². The lowest BCUT2D eigenvalue weighted by atomic mass is 10.1. The Kier molecular flexibility index (Phi) is 5.19. The van der Waals surface area contributed by atoms with Crippen molar-refractivity contribution in [1.82, 2.24) is 4.90 Å². The number of nitrogens with one attached hydrogen (secondary N) is 1. The van der Waals surface area contributed by atoms with Crippen molar-refractivity contribution in [3.63, 3.8) is 0 Å². The summed E-state index contributed by atoms with van der Waals surface area (Å²) in [5, 5.41) is 13.3. The minimum absolute atomic E-state index is 0.147. The van der Waals surface area contributed by atoms with Crippen LogP contribution in [0, 0.1) is 10.1 Å². The van der Waals surface area contributed by atoms with E-state index in [1.54, 1.807) is 0 Å². The molecule has 0 saturated carbocycles. The quantitative estimate of drug-likeness (QED) is 0.666. The SMILES string of the molecule is O=[N+]([O-])c1ccc(NCCN2CCOCC2)c(C(F)(F)F)c1. The monoisotopic (exact) mass is 319 g/mol. The van der Waals surface area contributed by atoms with E-state index in [4.69, 9.17) is 4.74 Å². The number of halogens is 3. The number of benzene rings is 1. The van der Waals surface area contributed by atoms with Gasteiger partial charge in [-0.25, -0.2) is 0 Å². The molecule has 6 nitrogen and oxygen atoms in total. The van der Waals surface area contributed by atoms with E-state index < -0.39 is 22.4 Å². The molecule has 1 aromatic rings. The lowest BCUT2D eigenvalue weighted by Crippen LogP contribution is -2.39. The molecule has 0 radical (unpaired) electrons. The van der Waals surface area contributed by atoms with Crippen LogP contribution < -0.4 is 5.32 Å².